The fraction of sp³-hybridized carbons (Fsp3) is 0.326. The van der Waals surface area contributed by atoms with E-state index < -0.39 is 28.1 Å². The van der Waals surface area contributed by atoms with Gasteiger partial charge < -0.3 is 44.2 Å². The van der Waals surface area contributed by atoms with Crippen LogP contribution in [0.4, 0.5) is 21.9 Å². The smallest absolute Gasteiger partial charge is 0.332 e. The molecule has 1 atom stereocenters. The Morgan fingerprint density at radius 3 is 2.19 bits per heavy atom. The first-order valence-corrected chi connectivity index (χ1v) is 20.6. The molecule has 0 bridgehead atoms. The van der Waals surface area contributed by atoms with Gasteiger partial charge in [0.1, 0.15) is 29.6 Å². The Hall–Kier alpha value is -6.10. The number of aromatic nitrogens is 1. The molecule has 0 fully saturated rings. The molecule has 0 saturated carbocycles. The van der Waals surface area contributed by atoms with Gasteiger partial charge in [0, 0.05) is 41.2 Å². The lowest BCUT2D eigenvalue weighted by Gasteiger charge is -2.24. The molecule has 0 aliphatic heterocycles. The van der Waals surface area contributed by atoms with Crippen molar-refractivity contribution in [2.24, 2.45) is 0 Å². The predicted octanol–water partition coefficient (Wildman–Crippen LogP) is 7.83. The van der Waals surface area contributed by atoms with E-state index in [0.717, 1.165) is 33.8 Å². The number of anilines is 3. The average molecular weight is 831 g/mol. The molecular weight excluding hydrogens is 781 g/mol. The van der Waals surface area contributed by atoms with Gasteiger partial charge in [-0.15, -0.1) is 0 Å². The summed E-state index contributed by atoms with van der Waals surface area (Å²) in [6.45, 7) is 8.35. The summed E-state index contributed by atoms with van der Waals surface area (Å²) in [5, 5.41) is 16.1. The first kappa shape index (κ1) is 44.0. The summed E-state index contributed by atoms with van der Waals surface area (Å²) in [7, 11) is -0.667. The second-order valence-electron chi connectivity index (χ2n) is 14.6. The van der Waals surface area contributed by atoms with E-state index in [1.807, 2.05) is 63.2 Å². The third kappa shape index (κ3) is 12.7. The first-order chi connectivity index (χ1) is 28.0. The van der Waals surface area contributed by atoms with Gasteiger partial charge in [-0.2, -0.15) is 0 Å². The van der Waals surface area contributed by atoms with E-state index in [-0.39, 0.29) is 49.0 Å². The van der Waals surface area contributed by atoms with Crippen molar-refractivity contribution < 1.29 is 51.5 Å². The number of amides is 2. The van der Waals surface area contributed by atoms with Crippen LogP contribution < -0.4 is 34.3 Å². The normalized spacial score (nSPS) is 12.1. The fourth-order valence-electron chi connectivity index (χ4n) is 5.96. The minimum absolute atomic E-state index is 0.159. The number of aliphatic carboxylic acids is 1. The third-order valence-electron chi connectivity index (χ3n) is 8.85. The molecule has 0 spiro atoms. The van der Waals surface area contributed by atoms with Gasteiger partial charge in [0.15, 0.2) is 11.9 Å². The quantitative estimate of drug-likeness (QED) is 0.0591. The van der Waals surface area contributed by atoms with Gasteiger partial charge in [0.05, 0.1) is 57.4 Å². The van der Waals surface area contributed by atoms with Crippen molar-refractivity contribution in [1.29, 1.82) is 0 Å². The number of nitrogens with one attached hydrogen (secondary N) is 3. The maximum atomic E-state index is 13.5. The van der Waals surface area contributed by atoms with Gasteiger partial charge in [-0.3, -0.25) is 9.71 Å². The maximum absolute atomic E-state index is 13.5. The van der Waals surface area contributed by atoms with Gasteiger partial charge in [0.2, 0.25) is 10.0 Å². The first-order valence-electron chi connectivity index (χ1n) is 18.7. The van der Waals surface area contributed by atoms with E-state index in [9.17, 15) is 18.0 Å². The van der Waals surface area contributed by atoms with E-state index in [1.165, 1.54) is 14.0 Å². The Morgan fingerprint density at radius 1 is 0.797 bits per heavy atom. The van der Waals surface area contributed by atoms with Gasteiger partial charge >= 0.3 is 12.0 Å². The Balaban J connectivity index is 1.27. The van der Waals surface area contributed by atoms with Crippen molar-refractivity contribution >= 4 is 49.9 Å². The second-order valence-corrected chi connectivity index (χ2v) is 16.3. The topological polar surface area (TPSA) is 193 Å². The molecule has 5 aromatic rings. The van der Waals surface area contributed by atoms with Crippen LogP contribution in [0.5, 0.6) is 28.7 Å². The fourth-order valence-corrected chi connectivity index (χ4v) is 6.51. The number of nitrogens with zero attached hydrogens (tertiary/aromatic N) is 1. The number of carboxylic acid groups (broad SMARTS) is 1. The Labute approximate surface area is 344 Å². The molecule has 15 nitrogen and oxygen atoms in total. The number of hydrogen-bond donors (Lipinski definition) is 4. The summed E-state index contributed by atoms with van der Waals surface area (Å²) < 4.78 is 60.9. The minimum Gasteiger partial charge on any atom is -0.497 e. The SMILES string of the molecule is COc1cc(Cc2cc(Oc3ccc(NC(=O)Nc4cc(C(C)(C)C)cc(NS(C)(=O)=O)c4OC)c4ccccc34)ccn2)cc(OCCOCCOC(C)C(=O)O)c1. The Kier molecular flexibility index (Phi) is 14.6. The van der Waals surface area contributed by atoms with Crippen LogP contribution in [-0.2, 0) is 36.1 Å². The van der Waals surface area contributed by atoms with Gasteiger partial charge in [-0.25, -0.2) is 18.0 Å². The molecule has 1 unspecified atom stereocenters. The van der Waals surface area contributed by atoms with Crippen LogP contribution in [-0.4, -0.2) is 83.5 Å². The number of pyridine rings is 1. The number of ether oxygens (including phenoxy) is 6. The number of benzene rings is 4. The summed E-state index contributed by atoms with van der Waals surface area (Å²) in [6.07, 6.45) is 2.27. The lowest BCUT2D eigenvalue weighted by atomic mass is 9.86. The second kappa shape index (κ2) is 19.6. The maximum Gasteiger partial charge on any atom is 0.332 e. The highest BCUT2D eigenvalue weighted by Crippen LogP contribution is 2.40. The lowest BCUT2D eigenvalue weighted by molar-refractivity contribution is -0.150. The van der Waals surface area contributed by atoms with Crippen molar-refractivity contribution in [1.82, 2.24) is 4.98 Å². The Morgan fingerprint density at radius 2 is 1.49 bits per heavy atom. The molecule has 0 saturated heterocycles. The molecule has 0 aliphatic carbocycles. The van der Waals surface area contributed by atoms with Gasteiger partial charge in [0.25, 0.3) is 0 Å². The van der Waals surface area contributed by atoms with Crippen molar-refractivity contribution in [3.8, 4) is 28.7 Å². The number of carbonyl (C=O) groups is 2. The van der Waals surface area contributed by atoms with E-state index in [4.69, 9.17) is 33.5 Å². The number of carbonyl (C=O) groups excluding carboxylic acids is 1. The van der Waals surface area contributed by atoms with Crippen molar-refractivity contribution in [3.05, 3.63) is 102 Å². The number of hydrogen-bond acceptors (Lipinski definition) is 11. The third-order valence-corrected chi connectivity index (χ3v) is 9.44. The molecule has 1 aromatic heterocycles. The zero-order valence-electron chi connectivity index (χ0n) is 34.1. The zero-order chi connectivity index (χ0) is 42.7. The molecule has 0 aliphatic rings. The predicted molar refractivity (Wildman–Crippen MR) is 226 cm³/mol. The zero-order valence-corrected chi connectivity index (χ0v) is 34.9. The number of carboxylic acids is 1. The van der Waals surface area contributed by atoms with Crippen LogP contribution in [0.1, 0.15) is 44.5 Å². The van der Waals surface area contributed by atoms with Crippen molar-refractivity contribution in [3.63, 3.8) is 0 Å². The highest BCUT2D eigenvalue weighted by Gasteiger charge is 2.23. The van der Waals surface area contributed by atoms with Crippen LogP contribution in [0.2, 0.25) is 0 Å². The summed E-state index contributed by atoms with van der Waals surface area (Å²) in [6, 6.07) is 23.1. The molecule has 4 N–H and O–H groups in total. The lowest BCUT2D eigenvalue weighted by Crippen LogP contribution is -2.22. The van der Waals surface area contributed by atoms with E-state index in [1.54, 1.807) is 49.7 Å². The molecule has 5 rings (SSSR count). The molecule has 2 amide bonds. The van der Waals surface area contributed by atoms with Crippen LogP contribution in [0.3, 0.4) is 0 Å². The number of urea groups is 1. The van der Waals surface area contributed by atoms with Crippen LogP contribution in [0, 0.1) is 0 Å². The molecule has 0 radical (unpaired) electrons. The van der Waals surface area contributed by atoms with Crippen molar-refractivity contribution in [2.75, 3.05) is 62.3 Å². The van der Waals surface area contributed by atoms with Crippen LogP contribution >= 0.6 is 0 Å². The highest BCUT2D eigenvalue weighted by atomic mass is 32.2. The highest BCUT2D eigenvalue weighted by molar-refractivity contribution is 7.92. The Bertz CT molecular complexity index is 2380. The molecule has 314 valence electrons. The average Bonchev–Trinajstić information content (AvgIpc) is 3.17. The van der Waals surface area contributed by atoms with E-state index in [2.05, 4.69) is 20.3 Å². The molecule has 4 aromatic carbocycles. The van der Waals surface area contributed by atoms with Gasteiger partial charge in [-0.1, -0.05) is 45.0 Å². The summed E-state index contributed by atoms with van der Waals surface area (Å²) in [5.41, 5.74) is 3.05. The number of rotatable bonds is 19. The summed E-state index contributed by atoms with van der Waals surface area (Å²) in [5.74, 6) is 1.46. The van der Waals surface area contributed by atoms with Crippen molar-refractivity contribution in [2.45, 2.75) is 45.6 Å². The standard InChI is InChI=1S/C43H50N4O11S/c1-27(41(48)49)56-18-16-55-17-19-57-33-22-28(21-32(26-33)53-5)20-30-25-31(14-15-44-30)58-39-13-12-36(34-10-8-9-11-35(34)39)45-42(50)46-37-23-29(43(2,3)4)24-38(40(37)54-6)47-59(7,51)52/h8-15,21-27,47H,16-20H2,1-7H3,(H,48,49)(H2,45,46,50). The molecule has 16 heteroatoms. The minimum atomic E-state index is -3.65. The van der Waals surface area contributed by atoms with Crippen LogP contribution in [0.25, 0.3) is 10.8 Å². The monoisotopic (exact) mass is 830 g/mol. The van der Waals surface area contributed by atoms with Crippen LogP contribution in [0.15, 0.2) is 85.1 Å². The molecule has 1 heterocycles. The number of methoxy groups -OCH3 is 2. The van der Waals surface area contributed by atoms with E-state index >= 15 is 0 Å². The van der Waals surface area contributed by atoms with E-state index in [0.29, 0.717) is 35.1 Å². The largest absolute Gasteiger partial charge is 0.497 e. The summed E-state index contributed by atoms with van der Waals surface area (Å²) >= 11 is 0. The molecule has 59 heavy (non-hydrogen) atoms. The molecular formula is C43H50N4O11S. The summed E-state index contributed by atoms with van der Waals surface area (Å²) in [4.78, 5) is 28.9. The van der Waals surface area contributed by atoms with Gasteiger partial charge in [-0.05, 0) is 65.9 Å². The number of fused-ring (bicyclic) bond motifs is 1. The number of sulfonamides is 1.